The lowest BCUT2D eigenvalue weighted by molar-refractivity contribution is -0.239. The third-order valence-corrected chi connectivity index (χ3v) is 8.00. The Hall–Kier alpha value is -1.73. The van der Waals surface area contributed by atoms with E-state index in [1.165, 1.54) is 21.3 Å². The van der Waals surface area contributed by atoms with Crippen LogP contribution in [0.2, 0.25) is 0 Å². The van der Waals surface area contributed by atoms with Gasteiger partial charge in [-0.05, 0) is 12.1 Å². The molecule has 2 fully saturated rings. The second-order valence-electron chi connectivity index (χ2n) is 7.76. The first-order chi connectivity index (χ1) is 13.2. The summed E-state index contributed by atoms with van der Waals surface area (Å²) >= 11 is 0. The fraction of sp³-hybridized carbons (Fsp3) is 0.579. The molecule has 1 heterocycles. The van der Waals surface area contributed by atoms with E-state index in [1.54, 1.807) is 24.3 Å². The molecule has 1 aromatic rings. The topological polar surface area (TPSA) is 103 Å². The Morgan fingerprint density at radius 3 is 1.86 bits per heavy atom. The molecule has 154 valence electrons. The fourth-order valence-corrected chi connectivity index (χ4v) is 6.91. The van der Waals surface area contributed by atoms with Gasteiger partial charge in [0.15, 0.2) is 5.16 Å². The minimum atomic E-state index is -3.92. The standard InChI is InChI=1S/C19H25O8P/c1-18(2)10-26-28(22,27-11-18)19(12-6-8-13(23-3)9-7-12)14(16(20)24-4)15(19)17(21)25-5/h6-9,14-15H,10-11H2,1-5H3/t14-,15-/m0/s1. The zero-order valence-electron chi connectivity index (χ0n) is 16.6. The average Bonchev–Trinajstić information content (AvgIpc) is 3.41. The van der Waals surface area contributed by atoms with E-state index in [0.717, 1.165) is 0 Å². The van der Waals surface area contributed by atoms with Crippen LogP contribution >= 0.6 is 7.94 Å². The maximum absolute atomic E-state index is 13.9. The van der Waals surface area contributed by atoms with Crippen molar-refractivity contribution in [3.05, 3.63) is 29.8 Å². The van der Waals surface area contributed by atoms with Gasteiger partial charge >= 0.3 is 11.9 Å². The van der Waals surface area contributed by atoms with Gasteiger partial charge in [-0.15, -0.1) is 0 Å². The summed E-state index contributed by atoms with van der Waals surface area (Å²) in [5, 5.41) is -1.50. The highest BCUT2D eigenvalue weighted by atomic mass is 31.2. The molecule has 9 heteroatoms. The minimum Gasteiger partial charge on any atom is -0.631 e. The Balaban J connectivity index is 2.14. The number of benzene rings is 1. The predicted octanol–water partition coefficient (Wildman–Crippen LogP) is 1.68. The quantitative estimate of drug-likeness (QED) is 0.532. The van der Waals surface area contributed by atoms with E-state index in [1.807, 2.05) is 13.8 Å². The first kappa shape index (κ1) is 21.0. The molecule has 0 N–H and O–H groups in total. The summed E-state index contributed by atoms with van der Waals surface area (Å²) in [7, 11) is 0.0375. The fourth-order valence-electron chi connectivity index (χ4n) is 3.79. The molecule has 2 aliphatic rings. The first-order valence-corrected chi connectivity index (χ1v) is 10.4. The molecule has 1 saturated heterocycles. The highest BCUT2D eigenvalue weighted by molar-refractivity contribution is 7.61. The molecule has 0 aromatic heterocycles. The van der Waals surface area contributed by atoms with Crippen molar-refractivity contribution in [2.45, 2.75) is 19.0 Å². The SMILES string of the molecule is COC(=O)[C@@H]1[C@@H](C(=O)OC)C1(c1ccc(OC)cc1)[P+]1([O-])OCC(C)(C)CO1. The number of ether oxygens (including phenoxy) is 3. The Labute approximate surface area is 164 Å². The molecule has 28 heavy (non-hydrogen) atoms. The summed E-state index contributed by atoms with van der Waals surface area (Å²) < 4.78 is 26.5. The summed E-state index contributed by atoms with van der Waals surface area (Å²) in [6.07, 6.45) is 0. The van der Waals surface area contributed by atoms with E-state index in [4.69, 9.17) is 23.3 Å². The van der Waals surface area contributed by atoms with E-state index in [-0.39, 0.29) is 18.6 Å². The van der Waals surface area contributed by atoms with Crippen LogP contribution in [0.25, 0.3) is 0 Å². The first-order valence-electron chi connectivity index (χ1n) is 8.86. The van der Waals surface area contributed by atoms with Crippen molar-refractivity contribution in [2.24, 2.45) is 17.3 Å². The van der Waals surface area contributed by atoms with Crippen LogP contribution < -0.4 is 9.63 Å². The lowest BCUT2D eigenvalue weighted by Gasteiger charge is -2.43. The van der Waals surface area contributed by atoms with E-state index < -0.39 is 36.9 Å². The Morgan fingerprint density at radius 1 is 1.00 bits per heavy atom. The van der Waals surface area contributed by atoms with Crippen molar-refractivity contribution in [3.63, 3.8) is 0 Å². The van der Waals surface area contributed by atoms with Crippen LogP contribution in [0, 0.1) is 17.3 Å². The molecular formula is C19H25O8P. The monoisotopic (exact) mass is 412 g/mol. The smallest absolute Gasteiger partial charge is 0.314 e. The summed E-state index contributed by atoms with van der Waals surface area (Å²) in [5.74, 6) is -2.83. The minimum absolute atomic E-state index is 0.171. The van der Waals surface area contributed by atoms with Crippen LogP contribution in [0.3, 0.4) is 0 Å². The van der Waals surface area contributed by atoms with Crippen molar-refractivity contribution in [1.29, 1.82) is 0 Å². The van der Waals surface area contributed by atoms with Gasteiger partial charge in [0.25, 0.3) is 0 Å². The van der Waals surface area contributed by atoms with Gasteiger partial charge in [-0.1, -0.05) is 26.0 Å². The third-order valence-electron chi connectivity index (χ3n) is 5.34. The summed E-state index contributed by atoms with van der Waals surface area (Å²) in [5.41, 5.74) is 0.132. The number of carbonyl (C=O) groups is 2. The third kappa shape index (κ3) is 3.08. The predicted molar refractivity (Wildman–Crippen MR) is 98.3 cm³/mol. The van der Waals surface area contributed by atoms with E-state index in [0.29, 0.717) is 11.3 Å². The van der Waals surface area contributed by atoms with Crippen LogP contribution in [-0.4, -0.2) is 46.5 Å². The van der Waals surface area contributed by atoms with Gasteiger partial charge in [-0.3, -0.25) is 9.59 Å². The van der Waals surface area contributed by atoms with Gasteiger partial charge in [-0.2, -0.15) is 0 Å². The molecule has 1 saturated carbocycles. The summed E-state index contributed by atoms with van der Waals surface area (Å²) in [4.78, 5) is 39.0. The molecule has 2 atom stereocenters. The van der Waals surface area contributed by atoms with Crippen molar-refractivity contribution < 1.29 is 37.7 Å². The molecule has 0 unspecified atom stereocenters. The molecule has 0 amide bonds. The zero-order valence-corrected chi connectivity index (χ0v) is 17.5. The van der Waals surface area contributed by atoms with Gasteiger partial charge in [0.1, 0.15) is 30.8 Å². The molecule has 1 aliphatic carbocycles. The average molecular weight is 412 g/mol. The molecular weight excluding hydrogens is 387 g/mol. The van der Waals surface area contributed by atoms with Crippen LogP contribution in [0.1, 0.15) is 19.4 Å². The molecule has 0 bridgehead atoms. The number of esters is 2. The van der Waals surface area contributed by atoms with Crippen LogP contribution in [0.5, 0.6) is 5.75 Å². The lowest BCUT2D eigenvalue weighted by Crippen LogP contribution is -2.41. The second-order valence-corrected chi connectivity index (χ2v) is 10.0. The van der Waals surface area contributed by atoms with Crippen LogP contribution in [-0.2, 0) is 33.3 Å². The Kier molecular flexibility index (Phi) is 5.44. The van der Waals surface area contributed by atoms with Crippen LogP contribution in [0.15, 0.2) is 24.3 Å². The molecule has 1 aromatic carbocycles. The maximum Gasteiger partial charge on any atom is 0.314 e. The van der Waals surface area contributed by atoms with Crippen molar-refractivity contribution in [1.82, 2.24) is 0 Å². The van der Waals surface area contributed by atoms with Gasteiger partial charge in [0, 0.05) is 11.0 Å². The number of methoxy groups -OCH3 is 3. The van der Waals surface area contributed by atoms with E-state index >= 15 is 0 Å². The number of hydrogen-bond donors (Lipinski definition) is 0. The van der Waals surface area contributed by atoms with Crippen LogP contribution in [0.4, 0.5) is 0 Å². The largest absolute Gasteiger partial charge is 0.631 e. The number of hydrogen-bond acceptors (Lipinski definition) is 8. The van der Waals surface area contributed by atoms with Gasteiger partial charge in [0.2, 0.25) is 7.94 Å². The van der Waals surface area contributed by atoms with E-state index in [9.17, 15) is 14.5 Å². The molecule has 3 rings (SSSR count). The second kappa shape index (κ2) is 7.26. The Morgan fingerprint density at radius 2 is 1.46 bits per heavy atom. The number of carbonyl (C=O) groups excluding carboxylic acids is 2. The maximum atomic E-state index is 13.9. The van der Waals surface area contributed by atoms with Crippen molar-refractivity contribution in [2.75, 3.05) is 34.5 Å². The zero-order chi connectivity index (χ0) is 20.7. The normalized spacial score (nSPS) is 30.2. The molecule has 1 aliphatic heterocycles. The summed E-state index contributed by atoms with van der Waals surface area (Å²) in [6.45, 7) is 4.17. The number of rotatable bonds is 5. The molecule has 0 spiro atoms. The van der Waals surface area contributed by atoms with E-state index in [2.05, 4.69) is 0 Å². The van der Waals surface area contributed by atoms with Crippen molar-refractivity contribution in [3.8, 4) is 5.75 Å². The van der Waals surface area contributed by atoms with Gasteiger partial charge < -0.3 is 19.1 Å². The van der Waals surface area contributed by atoms with Gasteiger partial charge in [0.05, 0.1) is 21.3 Å². The summed E-state index contributed by atoms with van der Waals surface area (Å²) in [6, 6.07) is 6.64. The van der Waals surface area contributed by atoms with Gasteiger partial charge in [-0.25, -0.2) is 9.05 Å². The lowest BCUT2D eigenvalue weighted by atomic mass is 9.97. The molecule has 0 radical (unpaired) electrons. The molecule has 8 nitrogen and oxygen atoms in total. The highest BCUT2D eigenvalue weighted by Gasteiger charge is 2.87. The highest BCUT2D eigenvalue weighted by Crippen LogP contribution is 2.85. The Bertz CT molecular complexity index is 728. The van der Waals surface area contributed by atoms with Crippen molar-refractivity contribution >= 4 is 19.9 Å².